The Labute approximate surface area is 172 Å². The van der Waals surface area contributed by atoms with Gasteiger partial charge in [-0.05, 0) is 47.2 Å². The third-order valence-electron chi connectivity index (χ3n) is 4.53. The first kappa shape index (κ1) is 21.8. The highest BCUT2D eigenvalue weighted by Gasteiger charge is 2.30. The third kappa shape index (κ3) is 4.80. The summed E-state index contributed by atoms with van der Waals surface area (Å²) in [6.45, 7) is 1.19. The maximum atomic E-state index is 13.0. The number of carbonyl (C=O) groups excluding carboxylic acids is 1. The fourth-order valence-electron chi connectivity index (χ4n) is 2.95. The standard InChI is InChI=1S/C21H19F3N2O3S/c1-2-26(14-20(27)25-18-10-8-17(9-11-18)21(22,23)24)30(28,29)19-12-7-15-5-3-4-6-16(15)13-19/h3-13H,2,14H2,1H3,(H,25,27). The van der Waals surface area contributed by atoms with E-state index in [0.717, 1.165) is 39.3 Å². The Morgan fingerprint density at radius 1 is 0.967 bits per heavy atom. The van der Waals surface area contributed by atoms with Gasteiger partial charge in [0.2, 0.25) is 15.9 Å². The minimum atomic E-state index is -4.48. The number of hydrogen-bond acceptors (Lipinski definition) is 3. The number of anilines is 1. The predicted octanol–water partition coefficient (Wildman–Crippen LogP) is 4.51. The van der Waals surface area contributed by atoms with Crippen molar-refractivity contribution >= 4 is 32.4 Å². The van der Waals surface area contributed by atoms with Crippen molar-refractivity contribution in [1.29, 1.82) is 0 Å². The summed E-state index contributed by atoms with van der Waals surface area (Å²) in [7, 11) is -3.93. The average molecular weight is 436 g/mol. The van der Waals surface area contributed by atoms with Gasteiger partial charge in [0.1, 0.15) is 0 Å². The molecule has 0 aromatic heterocycles. The number of nitrogens with zero attached hydrogens (tertiary/aromatic N) is 1. The molecule has 3 aromatic rings. The van der Waals surface area contributed by atoms with Crippen LogP contribution in [0.15, 0.2) is 71.6 Å². The second kappa shape index (κ2) is 8.45. The van der Waals surface area contributed by atoms with Crippen molar-refractivity contribution in [3.05, 3.63) is 72.3 Å². The summed E-state index contributed by atoms with van der Waals surface area (Å²) < 4.78 is 64.8. The molecule has 0 aliphatic heterocycles. The number of sulfonamides is 1. The Morgan fingerprint density at radius 3 is 2.20 bits per heavy atom. The van der Waals surface area contributed by atoms with Gasteiger partial charge in [0.25, 0.3) is 0 Å². The maximum absolute atomic E-state index is 13.0. The Kier molecular flexibility index (Phi) is 6.14. The summed E-state index contributed by atoms with van der Waals surface area (Å²) in [6, 6.07) is 16.0. The Morgan fingerprint density at radius 2 is 1.60 bits per heavy atom. The first-order valence-electron chi connectivity index (χ1n) is 9.07. The van der Waals surface area contributed by atoms with E-state index in [1.807, 2.05) is 12.1 Å². The largest absolute Gasteiger partial charge is 0.416 e. The highest BCUT2D eigenvalue weighted by atomic mass is 32.2. The summed E-state index contributed by atoms with van der Waals surface area (Å²) in [6.07, 6.45) is -4.48. The van der Waals surface area contributed by atoms with Crippen LogP contribution in [-0.2, 0) is 21.0 Å². The second-order valence-electron chi connectivity index (χ2n) is 6.56. The van der Waals surface area contributed by atoms with Gasteiger partial charge in [-0.2, -0.15) is 17.5 Å². The molecule has 0 radical (unpaired) electrons. The highest BCUT2D eigenvalue weighted by molar-refractivity contribution is 7.89. The van der Waals surface area contributed by atoms with Crippen LogP contribution in [0.5, 0.6) is 0 Å². The molecule has 0 heterocycles. The molecule has 1 N–H and O–H groups in total. The molecule has 0 atom stereocenters. The van der Waals surface area contributed by atoms with Gasteiger partial charge in [-0.25, -0.2) is 8.42 Å². The number of halogens is 3. The molecule has 9 heteroatoms. The number of nitrogens with one attached hydrogen (secondary N) is 1. The first-order chi connectivity index (χ1) is 14.1. The number of hydrogen-bond donors (Lipinski definition) is 1. The molecule has 3 aromatic carbocycles. The average Bonchev–Trinajstić information content (AvgIpc) is 2.71. The van der Waals surface area contributed by atoms with Crippen molar-refractivity contribution < 1.29 is 26.4 Å². The number of benzene rings is 3. The van der Waals surface area contributed by atoms with Gasteiger partial charge in [0.05, 0.1) is 17.0 Å². The monoisotopic (exact) mass is 436 g/mol. The molecular formula is C21H19F3N2O3S. The zero-order chi connectivity index (χ0) is 21.9. The summed E-state index contributed by atoms with van der Waals surface area (Å²) >= 11 is 0. The molecule has 0 unspecified atom stereocenters. The van der Waals surface area contributed by atoms with Gasteiger partial charge in [-0.15, -0.1) is 0 Å². The van der Waals surface area contributed by atoms with E-state index in [2.05, 4.69) is 5.32 Å². The van der Waals surface area contributed by atoms with Gasteiger partial charge >= 0.3 is 6.18 Å². The lowest BCUT2D eigenvalue weighted by Gasteiger charge is -2.20. The predicted molar refractivity (Wildman–Crippen MR) is 108 cm³/mol. The van der Waals surface area contributed by atoms with Crippen molar-refractivity contribution in [1.82, 2.24) is 4.31 Å². The van der Waals surface area contributed by atoms with Gasteiger partial charge in [0, 0.05) is 12.2 Å². The van der Waals surface area contributed by atoms with E-state index in [0.29, 0.717) is 0 Å². The van der Waals surface area contributed by atoms with Crippen molar-refractivity contribution in [2.75, 3.05) is 18.4 Å². The summed E-state index contributed by atoms with van der Waals surface area (Å²) in [5.41, 5.74) is -0.693. The second-order valence-corrected chi connectivity index (χ2v) is 8.50. The number of carbonyl (C=O) groups is 1. The number of rotatable bonds is 6. The minimum Gasteiger partial charge on any atom is -0.325 e. The lowest BCUT2D eigenvalue weighted by atomic mass is 10.1. The van der Waals surface area contributed by atoms with Gasteiger partial charge in [-0.1, -0.05) is 37.3 Å². The van der Waals surface area contributed by atoms with E-state index in [4.69, 9.17) is 0 Å². The topological polar surface area (TPSA) is 66.5 Å². The number of alkyl halides is 3. The maximum Gasteiger partial charge on any atom is 0.416 e. The third-order valence-corrected chi connectivity index (χ3v) is 6.44. The van der Waals surface area contributed by atoms with Crippen molar-refractivity contribution in [3.63, 3.8) is 0 Å². The SMILES string of the molecule is CCN(CC(=O)Nc1ccc(C(F)(F)F)cc1)S(=O)(=O)c1ccc2ccccc2c1. The fraction of sp³-hybridized carbons (Fsp3) is 0.190. The van der Waals surface area contributed by atoms with E-state index in [9.17, 15) is 26.4 Å². The zero-order valence-corrected chi connectivity index (χ0v) is 16.8. The smallest absolute Gasteiger partial charge is 0.325 e. The number of fused-ring (bicyclic) bond motifs is 1. The van der Waals surface area contributed by atoms with Crippen LogP contribution in [0.2, 0.25) is 0 Å². The molecule has 0 aliphatic rings. The molecule has 0 aliphatic carbocycles. The van der Waals surface area contributed by atoms with Crippen LogP contribution < -0.4 is 5.32 Å². The quantitative estimate of drug-likeness (QED) is 0.618. The summed E-state index contributed by atoms with van der Waals surface area (Å²) in [5, 5.41) is 4.07. The summed E-state index contributed by atoms with van der Waals surface area (Å²) in [4.78, 5) is 12.4. The van der Waals surface area contributed by atoms with E-state index in [1.54, 1.807) is 31.2 Å². The normalized spacial score (nSPS) is 12.3. The molecule has 0 saturated heterocycles. The lowest BCUT2D eigenvalue weighted by Crippen LogP contribution is -2.37. The Bertz CT molecular complexity index is 1160. The van der Waals surface area contributed by atoms with Crippen LogP contribution in [0.25, 0.3) is 10.8 Å². The molecule has 0 fully saturated rings. The Balaban J connectivity index is 1.75. The minimum absolute atomic E-state index is 0.0512. The van der Waals surface area contributed by atoms with Gasteiger partial charge in [-0.3, -0.25) is 4.79 Å². The van der Waals surface area contributed by atoms with E-state index in [1.165, 1.54) is 6.07 Å². The number of likely N-dealkylation sites (N-methyl/N-ethyl adjacent to an activating group) is 1. The Hall–Kier alpha value is -2.91. The van der Waals surface area contributed by atoms with Crippen LogP contribution in [-0.4, -0.2) is 31.7 Å². The van der Waals surface area contributed by atoms with E-state index in [-0.39, 0.29) is 17.1 Å². The molecular weight excluding hydrogens is 417 g/mol. The van der Waals surface area contributed by atoms with Crippen molar-refractivity contribution in [2.45, 2.75) is 18.0 Å². The van der Waals surface area contributed by atoms with Crippen LogP contribution in [0.4, 0.5) is 18.9 Å². The fourth-order valence-corrected chi connectivity index (χ4v) is 4.39. The van der Waals surface area contributed by atoms with Gasteiger partial charge < -0.3 is 5.32 Å². The van der Waals surface area contributed by atoms with E-state index < -0.39 is 34.2 Å². The van der Waals surface area contributed by atoms with E-state index >= 15 is 0 Å². The lowest BCUT2D eigenvalue weighted by molar-refractivity contribution is -0.137. The van der Waals surface area contributed by atoms with Crippen LogP contribution >= 0.6 is 0 Å². The van der Waals surface area contributed by atoms with Gasteiger partial charge in [0.15, 0.2) is 0 Å². The molecule has 0 saturated carbocycles. The molecule has 158 valence electrons. The molecule has 3 rings (SSSR count). The highest BCUT2D eigenvalue weighted by Crippen LogP contribution is 2.30. The van der Waals surface area contributed by atoms with Crippen LogP contribution in [0.1, 0.15) is 12.5 Å². The summed E-state index contributed by atoms with van der Waals surface area (Å²) in [5.74, 6) is -0.652. The number of amides is 1. The van der Waals surface area contributed by atoms with Crippen LogP contribution in [0, 0.1) is 0 Å². The molecule has 0 bridgehead atoms. The van der Waals surface area contributed by atoms with Crippen LogP contribution in [0.3, 0.4) is 0 Å². The molecule has 5 nitrogen and oxygen atoms in total. The molecule has 0 spiro atoms. The molecule has 1 amide bonds. The zero-order valence-electron chi connectivity index (χ0n) is 16.0. The van der Waals surface area contributed by atoms with Crippen molar-refractivity contribution in [2.24, 2.45) is 0 Å². The first-order valence-corrected chi connectivity index (χ1v) is 10.5. The molecule has 30 heavy (non-hydrogen) atoms. The van der Waals surface area contributed by atoms with Crippen molar-refractivity contribution in [3.8, 4) is 0 Å².